The van der Waals surface area contributed by atoms with Crippen molar-refractivity contribution in [2.24, 2.45) is 5.84 Å². The Morgan fingerprint density at radius 1 is 1.29 bits per heavy atom. The Morgan fingerprint density at radius 2 is 2.00 bits per heavy atom. The molecule has 2 aromatic rings. The molecular weight excluding hydrogens is 271 g/mol. The summed E-state index contributed by atoms with van der Waals surface area (Å²) in [5.74, 6) is 5.23. The Morgan fingerprint density at radius 3 is 2.57 bits per heavy atom. The molecule has 0 radical (unpaired) electrons. The molecule has 0 fully saturated rings. The van der Waals surface area contributed by atoms with E-state index < -0.39 is 0 Å². The van der Waals surface area contributed by atoms with Gasteiger partial charge < -0.3 is 10.7 Å². The normalized spacial score (nSPS) is 11.8. The number of aromatic nitrogens is 1. The lowest BCUT2D eigenvalue weighted by atomic mass is 10.1. The molecule has 1 aromatic carbocycles. The molecule has 0 bridgehead atoms. The average molecular weight is 288 g/mol. The largest absolute Gasteiger partial charge is 0.349 e. The highest BCUT2D eigenvalue weighted by Gasteiger charge is 2.10. The maximum absolute atomic E-state index is 12.8. The molecule has 5 nitrogen and oxygen atoms in total. The fourth-order valence-corrected chi connectivity index (χ4v) is 1.95. The lowest BCUT2D eigenvalue weighted by Gasteiger charge is -2.14. The Bertz CT molecular complexity index is 598. The summed E-state index contributed by atoms with van der Waals surface area (Å²) in [6, 6.07) is 9.43. The minimum Gasteiger partial charge on any atom is -0.349 e. The highest BCUT2D eigenvalue weighted by atomic mass is 19.1. The monoisotopic (exact) mass is 288 g/mol. The van der Waals surface area contributed by atoms with Crippen LogP contribution >= 0.6 is 0 Å². The molecule has 0 aliphatic carbocycles. The van der Waals surface area contributed by atoms with Gasteiger partial charge in [0.05, 0.1) is 5.56 Å². The number of hydrazine groups is 1. The van der Waals surface area contributed by atoms with Gasteiger partial charge in [0.1, 0.15) is 11.6 Å². The third-order valence-corrected chi connectivity index (χ3v) is 3.01. The Kier molecular flexibility index (Phi) is 4.84. The summed E-state index contributed by atoms with van der Waals surface area (Å²) in [5, 5.41) is 2.87. The highest BCUT2D eigenvalue weighted by Crippen LogP contribution is 2.07. The predicted octanol–water partition coefficient (Wildman–Crippen LogP) is 1.87. The van der Waals surface area contributed by atoms with Crippen molar-refractivity contribution in [2.45, 2.75) is 19.4 Å². The number of benzene rings is 1. The molecule has 4 N–H and O–H groups in total. The number of nitrogens with one attached hydrogen (secondary N) is 2. The first-order chi connectivity index (χ1) is 10.1. The first-order valence-electron chi connectivity index (χ1n) is 6.56. The molecule has 1 atom stereocenters. The van der Waals surface area contributed by atoms with Crippen LogP contribution in [0, 0.1) is 5.82 Å². The number of amides is 1. The van der Waals surface area contributed by atoms with Crippen LogP contribution in [0.25, 0.3) is 0 Å². The van der Waals surface area contributed by atoms with E-state index in [-0.39, 0.29) is 17.8 Å². The number of hydrogen-bond donors (Lipinski definition) is 3. The van der Waals surface area contributed by atoms with Gasteiger partial charge in [-0.25, -0.2) is 15.2 Å². The number of hydrogen-bond acceptors (Lipinski definition) is 4. The standard InChI is InChI=1S/C15H17FN4O/c1-10(8-11-2-5-13(16)6-3-11)19-15(21)12-4-7-14(20-17)18-9-12/h2-7,9-10H,8,17H2,1H3,(H,18,20)(H,19,21). The molecule has 0 aliphatic heterocycles. The second kappa shape index (κ2) is 6.81. The van der Waals surface area contributed by atoms with Crippen LogP contribution in [0.15, 0.2) is 42.6 Å². The number of rotatable bonds is 5. The van der Waals surface area contributed by atoms with Crippen LogP contribution in [0.2, 0.25) is 0 Å². The maximum Gasteiger partial charge on any atom is 0.253 e. The van der Waals surface area contributed by atoms with E-state index in [0.29, 0.717) is 17.8 Å². The molecule has 1 heterocycles. The molecule has 110 valence electrons. The van der Waals surface area contributed by atoms with Crippen LogP contribution in [0.3, 0.4) is 0 Å². The molecule has 1 unspecified atom stereocenters. The molecule has 0 spiro atoms. The number of halogens is 1. The van der Waals surface area contributed by atoms with Crippen molar-refractivity contribution < 1.29 is 9.18 Å². The van der Waals surface area contributed by atoms with Crippen LogP contribution in [-0.4, -0.2) is 16.9 Å². The number of pyridine rings is 1. The summed E-state index contributed by atoms with van der Waals surface area (Å²) >= 11 is 0. The summed E-state index contributed by atoms with van der Waals surface area (Å²) in [6.07, 6.45) is 2.08. The Labute approximate surface area is 122 Å². The quantitative estimate of drug-likeness (QED) is 0.579. The number of nitrogen functional groups attached to an aromatic ring is 1. The van der Waals surface area contributed by atoms with Crippen molar-refractivity contribution in [3.8, 4) is 0 Å². The smallest absolute Gasteiger partial charge is 0.253 e. The minimum absolute atomic E-state index is 0.0738. The van der Waals surface area contributed by atoms with E-state index in [1.54, 1.807) is 24.3 Å². The van der Waals surface area contributed by atoms with Gasteiger partial charge in [-0.15, -0.1) is 0 Å². The molecule has 1 amide bonds. The van der Waals surface area contributed by atoms with Crippen molar-refractivity contribution in [1.29, 1.82) is 0 Å². The Hall–Kier alpha value is -2.47. The van der Waals surface area contributed by atoms with Gasteiger partial charge >= 0.3 is 0 Å². The number of nitrogens with zero attached hydrogens (tertiary/aromatic N) is 1. The third kappa shape index (κ3) is 4.25. The van der Waals surface area contributed by atoms with Crippen LogP contribution in [0.1, 0.15) is 22.8 Å². The van der Waals surface area contributed by atoms with Crippen molar-refractivity contribution >= 4 is 11.7 Å². The summed E-state index contributed by atoms with van der Waals surface area (Å²) in [5.41, 5.74) is 3.82. The lowest BCUT2D eigenvalue weighted by molar-refractivity contribution is 0.0940. The van der Waals surface area contributed by atoms with Crippen LogP contribution in [0.5, 0.6) is 0 Å². The second-order valence-electron chi connectivity index (χ2n) is 4.78. The zero-order chi connectivity index (χ0) is 15.2. The molecule has 0 saturated heterocycles. The lowest BCUT2D eigenvalue weighted by Crippen LogP contribution is -2.34. The van der Waals surface area contributed by atoms with Crippen LogP contribution < -0.4 is 16.6 Å². The van der Waals surface area contributed by atoms with Gasteiger partial charge in [-0.2, -0.15) is 0 Å². The van der Waals surface area contributed by atoms with E-state index in [9.17, 15) is 9.18 Å². The molecular formula is C15H17FN4O. The second-order valence-corrected chi connectivity index (χ2v) is 4.78. The maximum atomic E-state index is 12.8. The van der Waals surface area contributed by atoms with Crippen molar-refractivity contribution in [3.05, 3.63) is 59.5 Å². The number of nitrogens with two attached hydrogens (primary N) is 1. The first-order valence-corrected chi connectivity index (χ1v) is 6.56. The summed E-state index contributed by atoms with van der Waals surface area (Å²) < 4.78 is 12.8. The Balaban J connectivity index is 1.93. The van der Waals surface area contributed by atoms with Crippen molar-refractivity contribution in [3.63, 3.8) is 0 Å². The van der Waals surface area contributed by atoms with E-state index in [1.807, 2.05) is 6.92 Å². The third-order valence-electron chi connectivity index (χ3n) is 3.01. The van der Waals surface area contributed by atoms with Gasteiger partial charge in [0, 0.05) is 12.2 Å². The molecule has 6 heteroatoms. The summed E-state index contributed by atoms with van der Waals surface area (Å²) in [7, 11) is 0. The van der Waals surface area contributed by atoms with Gasteiger partial charge in [-0.05, 0) is 43.2 Å². The topological polar surface area (TPSA) is 80.0 Å². The minimum atomic E-state index is -0.268. The molecule has 0 saturated carbocycles. The molecule has 21 heavy (non-hydrogen) atoms. The fraction of sp³-hybridized carbons (Fsp3) is 0.200. The van der Waals surface area contributed by atoms with E-state index >= 15 is 0 Å². The number of anilines is 1. The van der Waals surface area contributed by atoms with Gasteiger partial charge in [0.2, 0.25) is 0 Å². The van der Waals surface area contributed by atoms with Crippen LogP contribution in [-0.2, 0) is 6.42 Å². The van der Waals surface area contributed by atoms with E-state index in [2.05, 4.69) is 15.7 Å². The predicted molar refractivity (Wildman–Crippen MR) is 79.1 cm³/mol. The average Bonchev–Trinajstić information content (AvgIpc) is 2.49. The molecule has 2 rings (SSSR count). The fourth-order valence-electron chi connectivity index (χ4n) is 1.95. The van der Waals surface area contributed by atoms with Crippen molar-refractivity contribution in [2.75, 3.05) is 5.43 Å². The van der Waals surface area contributed by atoms with Gasteiger partial charge in [0.15, 0.2) is 0 Å². The summed E-state index contributed by atoms with van der Waals surface area (Å²) in [6.45, 7) is 1.89. The van der Waals surface area contributed by atoms with Gasteiger partial charge in [0.25, 0.3) is 5.91 Å². The zero-order valence-electron chi connectivity index (χ0n) is 11.6. The van der Waals surface area contributed by atoms with Crippen molar-refractivity contribution in [1.82, 2.24) is 10.3 Å². The SMILES string of the molecule is CC(Cc1ccc(F)cc1)NC(=O)c1ccc(NN)nc1. The zero-order valence-corrected chi connectivity index (χ0v) is 11.6. The van der Waals surface area contributed by atoms with Gasteiger partial charge in [-0.3, -0.25) is 4.79 Å². The molecule has 0 aliphatic rings. The molecule has 1 aromatic heterocycles. The van der Waals surface area contributed by atoms with Gasteiger partial charge in [-0.1, -0.05) is 12.1 Å². The summed E-state index contributed by atoms with van der Waals surface area (Å²) in [4.78, 5) is 16.0. The number of carbonyl (C=O) groups is 1. The van der Waals surface area contributed by atoms with E-state index in [1.165, 1.54) is 18.3 Å². The van der Waals surface area contributed by atoms with Crippen LogP contribution in [0.4, 0.5) is 10.2 Å². The van der Waals surface area contributed by atoms with E-state index in [0.717, 1.165) is 5.56 Å². The van der Waals surface area contributed by atoms with E-state index in [4.69, 9.17) is 5.84 Å². The highest BCUT2D eigenvalue weighted by molar-refractivity contribution is 5.94. The number of carbonyl (C=O) groups excluding carboxylic acids is 1. The first kappa shape index (κ1) is 14.9.